The van der Waals surface area contributed by atoms with Crippen LogP contribution in [0.25, 0.3) is 0 Å². The van der Waals surface area contributed by atoms with Crippen LogP contribution < -0.4 is 5.73 Å². The van der Waals surface area contributed by atoms with E-state index in [0.717, 1.165) is 23.1 Å². The van der Waals surface area contributed by atoms with Gasteiger partial charge in [-0.2, -0.15) is 0 Å². The number of rotatable bonds is 6. The lowest BCUT2D eigenvalue weighted by molar-refractivity contribution is -0.156. The molecule has 0 aromatic heterocycles. The SMILES string of the molecule is C[Si](C)(C)CCOC(=O)[C@H](CN)N1C(=O)C=CC1=O. The number of nitrogens with two attached hydrogens (primary N) is 1. The van der Waals surface area contributed by atoms with Gasteiger partial charge in [-0.25, -0.2) is 4.79 Å². The second kappa shape index (κ2) is 6.11. The van der Waals surface area contributed by atoms with Crippen LogP contribution in [0.2, 0.25) is 25.7 Å². The standard InChI is InChI=1S/C12H20N2O4Si/c1-19(2,3)7-6-18-12(17)9(8-13)14-10(15)4-5-11(14)16/h4-5,9H,6-8,13H2,1-3H3/t9-/m0/s1. The Morgan fingerprint density at radius 3 is 2.26 bits per heavy atom. The molecule has 6 nitrogen and oxygen atoms in total. The fraction of sp³-hybridized carbons (Fsp3) is 0.583. The van der Waals surface area contributed by atoms with Gasteiger partial charge >= 0.3 is 5.97 Å². The average Bonchev–Trinajstić information content (AvgIpc) is 2.60. The highest BCUT2D eigenvalue weighted by Gasteiger charge is 2.36. The highest BCUT2D eigenvalue weighted by atomic mass is 28.3. The van der Waals surface area contributed by atoms with Gasteiger partial charge in [-0.15, -0.1) is 0 Å². The summed E-state index contributed by atoms with van der Waals surface area (Å²) in [6.07, 6.45) is 2.25. The van der Waals surface area contributed by atoms with Gasteiger partial charge < -0.3 is 10.5 Å². The first kappa shape index (κ1) is 15.6. The van der Waals surface area contributed by atoms with Crippen LogP contribution in [0.4, 0.5) is 0 Å². The van der Waals surface area contributed by atoms with Crippen LogP contribution in [-0.2, 0) is 19.1 Å². The molecule has 2 amide bonds. The van der Waals surface area contributed by atoms with Crippen molar-refractivity contribution in [2.24, 2.45) is 5.73 Å². The topological polar surface area (TPSA) is 89.7 Å². The summed E-state index contributed by atoms with van der Waals surface area (Å²) in [4.78, 5) is 35.7. The molecule has 7 heteroatoms. The predicted octanol–water partition coefficient (Wildman–Crippen LogP) is 0.120. The lowest BCUT2D eigenvalue weighted by atomic mass is 10.2. The maximum Gasteiger partial charge on any atom is 0.330 e. The van der Waals surface area contributed by atoms with E-state index in [1.165, 1.54) is 0 Å². The average molecular weight is 284 g/mol. The molecule has 106 valence electrons. The molecule has 0 radical (unpaired) electrons. The molecule has 19 heavy (non-hydrogen) atoms. The van der Waals surface area contributed by atoms with E-state index in [4.69, 9.17) is 10.5 Å². The van der Waals surface area contributed by atoms with E-state index >= 15 is 0 Å². The van der Waals surface area contributed by atoms with Crippen LogP contribution in [-0.4, -0.2) is 50.0 Å². The molecule has 2 N–H and O–H groups in total. The third-order valence-corrected chi connectivity index (χ3v) is 4.45. The first-order valence-corrected chi connectivity index (χ1v) is 9.89. The zero-order valence-corrected chi connectivity index (χ0v) is 12.5. The second-order valence-corrected chi connectivity index (χ2v) is 11.2. The summed E-state index contributed by atoms with van der Waals surface area (Å²) < 4.78 is 5.12. The minimum Gasteiger partial charge on any atom is -0.464 e. The molecule has 1 rings (SSSR count). The summed E-state index contributed by atoms with van der Waals surface area (Å²) in [6, 6.07) is -0.201. The van der Waals surface area contributed by atoms with Gasteiger partial charge in [0.25, 0.3) is 11.8 Å². The van der Waals surface area contributed by atoms with E-state index in [1.807, 2.05) is 0 Å². The van der Waals surface area contributed by atoms with Crippen molar-refractivity contribution in [2.75, 3.05) is 13.2 Å². The minimum absolute atomic E-state index is 0.134. The number of esters is 1. The molecule has 0 aliphatic carbocycles. The van der Waals surface area contributed by atoms with Crippen molar-refractivity contribution >= 4 is 25.9 Å². The summed E-state index contributed by atoms with van der Waals surface area (Å²) >= 11 is 0. The largest absolute Gasteiger partial charge is 0.464 e. The zero-order valence-electron chi connectivity index (χ0n) is 11.5. The van der Waals surface area contributed by atoms with E-state index in [0.29, 0.717) is 6.61 Å². The van der Waals surface area contributed by atoms with Crippen LogP contribution >= 0.6 is 0 Å². The van der Waals surface area contributed by atoms with E-state index in [2.05, 4.69) is 19.6 Å². The normalized spacial score (nSPS) is 16.9. The van der Waals surface area contributed by atoms with Crippen molar-refractivity contribution in [2.45, 2.75) is 31.7 Å². The molecule has 0 unspecified atom stereocenters. The van der Waals surface area contributed by atoms with E-state index < -0.39 is 31.9 Å². The maximum absolute atomic E-state index is 11.9. The summed E-state index contributed by atoms with van der Waals surface area (Å²) in [5, 5.41) is 0. The number of carbonyl (C=O) groups is 3. The summed E-state index contributed by atoms with van der Waals surface area (Å²) in [7, 11) is -1.30. The number of ether oxygens (including phenoxy) is 1. The molecule has 0 saturated heterocycles. The number of imide groups is 1. The van der Waals surface area contributed by atoms with Crippen molar-refractivity contribution in [3.8, 4) is 0 Å². The third-order valence-electron chi connectivity index (χ3n) is 2.75. The lowest BCUT2D eigenvalue weighted by Crippen LogP contribution is -2.50. The van der Waals surface area contributed by atoms with Gasteiger partial charge in [0.15, 0.2) is 0 Å². The van der Waals surface area contributed by atoms with Gasteiger partial charge in [-0.3, -0.25) is 14.5 Å². The molecule has 0 saturated carbocycles. The Bertz CT molecular complexity index is 396. The van der Waals surface area contributed by atoms with Crippen LogP contribution in [0.1, 0.15) is 0 Å². The van der Waals surface area contributed by atoms with Crippen molar-refractivity contribution in [1.29, 1.82) is 0 Å². The van der Waals surface area contributed by atoms with E-state index in [9.17, 15) is 14.4 Å². The quantitative estimate of drug-likeness (QED) is 0.425. The Balaban J connectivity index is 2.58. The predicted molar refractivity (Wildman–Crippen MR) is 72.9 cm³/mol. The van der Waals surface area contributed by atoms with Crippen LogP contribution in [0.3, 0.4) is 0 Å². The number of amides is 2. The fourth-order valence-corrected chi connectivity index (χ4v) is 2.29. The second-order valence-electron chi connectivity index (χ2n) is 5.61. The van der Waals surface area contributed by atoms with Gasteiger partial charge in [0.1, 0.15) is 6.04 Å². The van der Waals surface area contributed by atoms with Crippen molar-refractivity contribution in [3.63, 3.8) is 0 Å². The van der Waals surface area contributed by atoms with Gasteiger partial charge in [0.05, 0.1) is 6.61 Å². The molecule has 1 heterocycles. The molecule has 0 aromatic rings. The first-order chi connectivity index (χ1) is 8.76. The first-order valence-electron chi connectivity index (χ1n) is 6.18. The lowest BCUT2D eigenvalue weighted by Gasteiger charge is -2.23. The Morgan fingerprint density at radius 1 is 1.32 bits per heavy atom. The Morgan fingerprint density at radius 2 is 1.84 bits per heavy atom. The molecular weight excluding hydrogens is 264 g/mol. The maximum atomic E-state index is 11.9. The smallest absolute Gasteiger partial charge is 0.330 e. The van der Waals surface area contributed by atoms with Gasteiger partial charge in [0.2, 0.25) is 0 Å². The van der Waals surface area contributed by atoms with Gasteiger partial charge in [-0.05, 0) is 6.04 Å². The highest BCUT2D eigenvalue weighted by molar-refractivity contribution is 6.76. The Kier molecular flexibility index (Phi) is 5.02. The van der Waals surface area contributed by atoms with Crippen LogP contribution in [0.15, 0.2) is 12.2 Å². The zero-order chi connectivity index (χ0) is 14.6. The number of hydrogen-bond acceptors (Lipinski definition) is 5. The third kappa shape index (κ3) is 4.29. The van der Waals surface area contributed by atoms with E-state index in [-0.39, 0.29) is 6.54 Å². The van der Waals surface area contributed by atoms with Gasteiger partial charge in [0, 0.05) is 26.8 Å². The van der Waals surface area contributed by atoms with Crippen molar-refractivity contribution < 1.29 is 19.1 Å². The molecule has 0 fully saturated rings. The number of carbonyl (C=O) groups excluding carboxylic acids is 3. The Labute approximate surface area is 113 Å². The molecule has 0 bridgehead atoms. The van der Waals surface area contributed by atoms with Gasteiger partial charge in [-0.1, -0.05) is 19.6 Å². The Hall–Kier alpha value is -1.47. The van der Waals surface area contributed by atoms with Crippen LogP contribution in [0, 0.1) is 0 Å². The number of hydrogen-bond donors (Lipinski definition) is 1. The summed E-state index contributed by atoms with van der Waals surface area (Å²) in [5.74, 6) is -1.67. The van der Waals surface area contributed by atoms with Crippen LogP contribution in [0.5, 0.6) is 0 Å². The monoisotopic (exact) mass is 284 g/mol. The van der Waals surface area contributed by atoms with E-state index in [1.54, 1.807) is 0 Å². The molecule has 1 atom stereocenters. The molecule has 0 aromatic carbocycles. The highest BCUT2D eigenvalue weighted by Crippen LogP contribution is 2.12. The summed E-state index contributed by atoms with van der Waals surface area (Å²) in [6.45, 7) is 6.66. The minimum atomic E-state index is -1.30. The molecule has 0 spiro atoms. The number of nitrogens with zero attached hydrogens (tertiary/aromatic N) is 1. The van der Waals surface area contributed by atoms with Crippen molar-refractivity contribution in [1.82, 2.24) is 4.90 Å². The van der Waals surface area contributed by atoms with Crippen molar-refractivity contribution in [3.05, 3.63) is 12.2 Å². The fourth-order valence-electron chi connectivity index (χ4n) is 1.58. The molecule has 1 aliphatic heterocycles. The summed E-state index contributed by atoms with van der Waals surface area (Å²) in [5.41, 5.74) is 5.47. The molecule has 1 aliphatic rings. The molecular formula is C12H20N2O4Si.